The van der Waals surface area contributed by atoms with Crippen LogP contribution in [0.1, 0.15) is 28.3 Å². The number of benzene rings is 1. The van der Waals surface area contributed by atoms with Crippen LogP contribution in [0.3, 0.4) is 0 Å². The Morgan fingerprint density at radius 2 is 2.05 bits per heavy atom. The van der Waals surface area contributed by atoms with Gasteiger partial charge in [0.15, 0.2) is 0 Å². The fourth-order valence-electron chi connectivity index (χ4n) is 3.79. The number of likely N-dealkylation sites (tertiary alicyclic amines) is 1. The second kappa shape index (κ2) is 4.77. The molecular weight excluding hydrogens is 250 g/mol. The second-order valence-electron chi connectivity index (χ2n) is 5.88. The van der Waals surface area contributed by atoms with Crippen molar-refractivity contribution in [1.82, 2.24) is 4.90 Å². The smallest absolute Gasteiger partial charge is 0.0233 e. The minimum atomic E-state index is 0.855. The van der Waals surface area contributed by atoms with E-state index < -0.39 is 0 Å². The maximum Gasteiger partial charge on any atom is 0.0233 e. The Balaban J connectivity index is 1.46. The van der Waals surface area contributed by atoms with Gasteiger partial charge < -0.3 is 0 Å². The summed E-state index contributed by atoms with van der Waals surface area (Å²) in [6.45, 7) is 3.66. The van der Waals surface area contributed by atoms with E-state index in [1.165, 1.54) is 31.5 Å². The predicted molar refractivity (Wildman–Crippen MR) is 80.6 cm³/mol. The molecular formula is C17H19NS. The Morgan fingerprint density at radius 3 is 2.95 bits per heavy atom. The zero-order valence-electron chi connectivity index (χ0n) is 11.1. The van der Waals surface area contributed by atoms with Crippen molar-refractivity contribution in [3.8, 4) is 0 Å². The van der Waals surface area contributed by atoms with Crippen LogP contribution in [0.5, 0.6) is 0 Å². The SMILES string of the molecule is c1ccc(CN2CCC3c4ccsc4CC3C2)cc1. The molecule has 2 unspecified atom stereocenters. The molecule has 1 aromatic carbocycles. The summed E-state index contributed by atoms with van der Waals surface area (Å²) in [6, 6.07) is 13.3. The van der Waals surface area contributed by atoms with Gasteiger partial charge in [0.05, 0.1) is 0 Å². The van der Waals surface area contributed by atoms with E-state index >= 15 is 0 Å². The monoisotopic (exact) mass is 269 g/mol. The summed E-state index contributed by atoms with van der Waals surface area (Å²) >= 11 is 1.96. The minimum absolute atomic E-state index is 0.855. The summed E-state index contributed by atoms with van der Waals surface area (Å²) in [6.07, 6.45) is 2.67. The number of hydrogen-bond donors (Lipinski definition) is 0. The van der Waals surface area contributed by atoms with Crippen molar-refractivity contribution in [2.45, 2.75) is 25.3 Å². The van der Waals surface area contributed by atoms with Crippen LogP contribution in [0.25, 0.3) is 0 Å². The molecule has 1 aliphatic carbocycles. The molecule has 98 valence electrons. The predicted octanol–water partition coefficient (Wildman–Crippen LogP) is 3.91. The van der Waals surface area contributed by atoms with Crippen molar-refractivity contribution in [1.29, 1.82) is 0 Å². The van der Waals surface area contributed by atoms with E-state index in [0.717, 1.165) is 18.4 Å². The van der Waals surface area contributed by atoms with Crippen molar-refractivity contribution < 1.29 is 0 Å². The van der Waals surface area contributed by atoms with Crippen LogP contribution < -0.4 is 0 Å². The highest BCUT2D eigenvalue weighted by atomic mass is 32.1. The number of thiophene rings is 1. The third-order valence-electron chi connectivity index (χ3n) is 4.69. The molecule has 2 heteroatoms. The number of piperidine rings is 1. The highest BCUT2D eigenvalue weighted by Crippen LogP contribution is 2.45. The van der Waals surface area contributed by atoms with E-state index in [9.17, 15) is 0 Å². The fraction of sp³-hybridized carbons (Fsp3) is 0.412. The topological polar surface area (TPSA) is 3.24 Å². The molecule has 0 spiro atoms. The largest absolute Gasteiger partial charge is 0.299 e. The van der Waals surface area contributed by atoms with Gasteiger partial charge in [-0.1, -0.05) is 30.3 Å². The van der Waals surface area contributed by atoms with Gasteiger partial charge in [0.2, 0.25) is 0 Å². The van der Waals surface area contributed by atoms with Crippen LogP contribution in [-0.4, -0.2) is 18.0 Å². The molecule has 4 rings (SSSR count). The van der Waals surface area contributed by atoms with E-state index in [0.29, 0.717) is 0 Å². The van der Waals surface area contributed by atoms with Crippen LogP contribution in [0.4, 0.5) is 0 Å². The Morgan fingerprint density at radius 1 is 1.16 bits per heavy atom. The first kappa shape index (κ1) is 11.7. The molecule has 1 aliphatic heterocycles. The van der Waals surface area contributed by atoms with E-state index in [-0.39, 0.29) is 0 Å². The first-order valence-electron chi connectivity index (χ1n) is 7.23. The summed E-state index contributed by atoms with van der Waals surface area (Å²) in [5, 5.41) is 2.28. The second-order valence-corrected chi connectivity index (χ2v) is 6.88. The zero-order chi connectivity index (χ0) is 12.7. The number of nitrogens with zero attached hydrogens (tertiary/aromatic N) is 1. The van der Waals surface area contributed by atoms with Crippen molar-refractivity contribution in [3.05, 3.63) is 57.8 Å². The molecule has 19 heavy (non-hydrogen) atoms. The summed E-state index contributed by atoms with van der Waals surface area (Å²) in [5.74, 6) is 1.73. The Kier molecular flexibility index (Phi) is 2.93. The first-order chi connectivity index (χ1) is 9.40. The first-order valence-corrected chi connectivity index (χ1v) is 8.10. The summed E-state index contributed by atoms with van der Waals surface area (Å²) in [7, 11) is 0. The zero-order valence-corrected chi connectivity index (χ0v) is 11.9. The quantitative estimate of drug-likeness (QED) is 0.799. The van der Waals surface area contributed by atoms with Gasteiger partial charge in [-0.15, -0.1) is 11.3 Å². The molecule has 0 saturated carbocycles. The molecule has 0 bridgehead atoms. The van der Waals surface area contributed by atoms with Crippen LogP contribution >= 0.6 is 11.3 Å². The van der Waals surface area contributed by atoms with Crippen molar-refractivity contribution in [3.63, 3.8) is 0 Å². The van der Waals surface area contributed by atoms with Crippen molar-refractivity contribution in [2.24, 2.45) is 5.92 Å². The molecule has 1 aromatic heterocycles. The third kappa shape index (κ3) is 2.13. The number of fused-ring (bicyclic) bond motifs is 3. The van der Waals surface area contributed by atoms with Gasteiger partial charge in [-0.3, -0.25) is 4.90 Å². The van der Waals surface area contributed by atoms with Crippen LogP contribution in [0.2, 0.25) is 0 Å². The summed E-state index contributed by atoms with van der Waals surface area (Å²) in [5.41, 5.74) is 3.13. The molecule has 1 saturated heterocycles. The van der Waals surface area contributed by atoms with Crippen molar-refractivity contribution in [2.75, 3.05) is 13.1 Å². The van der Waals surface area contributed by atoms with Gasteiger partial charge in [-0.25, -0.2) is 0 Å². The maximum atomic E-state index is 2.65. The molecule has 2 aliphatic rings. The normalized spacial score (nSPS) is 26.1. The Labute approximate surface area is 118 Å². The highest BCUT2D eigenvalue weighted by Gasteiger charge is 2.37. The number of rotatable bonds is 2. The Hall–Kier alpha value is -1.12. The van der Waals surface area contributed by atoms with E-state index in [4.69, 9.17) is 0 Å². The van der Waals surface area contributed by atoms with E-state index in [2.05, 4.69) is 46.7 Å². The molecule has 1 nitrogen and oxygen atoms in total. The lowest BCUT2D eigenvalue weighted by Crippen LogP contribution is -2.37. The average molecular weight is 269 g/mol. The van der Waals surface area contributed by atoms with Gasteiger partial charge in [-0.2, -0.15) is 0 Å². The molecule has 0 amide bonds. The minimum Gasteiger partial charge on any atom is -0.299 e. The van der Waals surface area contributed by atoms with E-state index in [1.54, 1.807) is 10.4 Å². The fourth-order valence-corrected chi connectivity index (χ4v) is 4.84. The van der Waals surface area contributed by atoms with Crippen molar-refractivity contribution >= 4 is 11.3 Å². The lowest BCUT2D eigenvalue weighted by Gasteiger charge is -2.35. The molecule has 0 radical (unpaired) electrons. The molecule has 2 atom stereocenters. The van der Waals surface area contributed by atoms with Crippen LogP contribution in [0, 0.1) is 5.92 Å². The lowest BCUT2D eigenvalue weighted by molar-refractivity contribution is 0.155. The van der Waals surface area contributed by atoms with Gasteiger partial charge in [0.25, 0.3) is 0 Å². The average Bonchev–Trinajstić information content (AvgIpc) is 3.00. The summed E-state index contributed by atoms with van der Waals surface area (Å²) < 4.78 is 0. The Bertz CT molecular complexity index is 560. The van der Waals surface area contributed by atoms with Gasteiger partial charge in [0, 0.05) is 18.0 Å². The van der Waals surface area contributed by atoms with Gasteiger partial charge in [-0.05, 0) is 53.8 Å². The van der Waals surface area contributed by atoms with E-state index in [1.807, 2.05) is 11.3 Å². The van der Waals surface area contributed by atoms with Crippen LogP contribution in [0.15, 0.2) is 41.8 Å². The van der Waals surface area contributed by atoms with Crippen LogP contribution in [-0.2, 0) is 13.0 Å². The summed E-state index contributed by atoms with van der Waals surface area (Å²) in [4.78, 5) is 4.31. The lowest BCUT2D eigenvalue weighted by atomic mass is 9.86. The molecule has 1 fully saturated rings. The third-order valence-corrected chi connectivity index (χ3v) is 5.65. The molecule has 2 aromatic rings. The molecule has 0 N–H and O–H groups in total. The highest BCUT2D eigenvalue weighted by molar-refractivity contribution is 7.10. The standard InChI is InChI=1S/C17H19NS/c1-2-4-13(5-3-1)11-18-8-6-15-14(12-18)10-17-16(15)7-9-19-17/h1-5,7,9,14-15H,6,8,10-12H2. The van der Waals surface area contributed by atoms with Gasteiger partial charge >= 0.3 is 0 Å². The number of hydrogen-bond acceptors (Lipinski definition) is 2. The molecule has 2 heterocycles. The van der Waals surface area contributed by atoms with Gasteiger partial charge in [0.1, 0.15) is 0 Å². The maximum absolute atomic E-state index is 2.65.